The van der Waals surface area contributed by atoms with Crippen LogP contribution in [0.2, 0.25) is 0 Å². The highest BCUT2D eigenvalue weighted by atomic mass is 16.2. The van der Waals surface area contributed by atoms with Gasteiger partial charge in [-0.1, -0.05) is 6.07 Å². The van der Waals surface area contributed by atoms with E-state index in [-0.39, 0.29) is 6.03 Å². The number of carbonyl (C=O) groups excluding carboxylic acids is 1. The fourth-order valence-electron chi connectivity index (χ4n) is 2.01. The fourth-order valence-corrected chi connectivity index (χ4v) is 2.01. The zero-order valence-corrected chi connectivity index (χ0v) is 9.71. The number of urea groups is 1. The molecule has 0 bridgehead atoms. The average molecular weight is 219 g/mol. The van der Waals surface area contributed by atoms with Crippen LogP contribution in [0.3, 0.4) is 0 Å². The van der Waals surface area contributed by atoms with E-state index in [1.54, 1.807) is 4.90 Å². The Kier molecular flexibility index (Phi) is 2.73. The van der Waals surface area contributed by atoms with Crippen molar-refractivity contribution in [2.75, 3.05) is 23.7 Å². The lowest BCUT2D eigenvalue weighted by molar-refractivity contribution is 0.243. The Balaban J connectivity index is 2.39. The third-order valence-electron chi connectivity index (χ3n) is 2.96. The van der Waals surface area contributed by atoms with Crippen molar-refractivity contribution in [3.05, 3.63) is 23.3 Å². The van der Waals surface area contributed by atoms with Gasteiger partial charge in [0.25, 0.3) is 0 Å². The summed E-state index contributed by atoms with van der Waals surface area (Å²) in [4.78, 5) is 13.5. The number of hydrogen-bond donors (Lipinski definition) is 2. The van der Waals surface area contributed by atoms with E-state index >= 15 is 0 Å². The number of amides is 2. The summed E-state index contributed by atoms with van der Waals surface area (Å²) in [5.74, 6) is 0. The lowest BCUT2D eigenvalue weighted by Crippen LogP contribution is -2.46. The summed E-state index contributed by atoms with van der Waals surface area (Å²) in [5, 5.41) is 2.84. The van der Waals surface area contributed by atoms with Crippen molar-refractivity contribution in [2.24, 2.45) is 0 Å². The minimum Gasteiger partial charge on any atom is -0.398 e. The highest BCUT2D eigenvalue weighted by Crippen LogP contribution is 2.26. The van der Waals surface area contributed by atoms with Gasteiger partial charge in [-0.05, 0) is 37.5 Å². The van der Waals surface area contributed by atoms with E-state index < -0.39 is 0 Å². The quantitative estimate of drug-likeness (QED) is 0.708. The second kappa shape index (κ2) is 4.04. The van der Waals surface area contributed by atoms with Crippen molar-refractivity contribution < 1.29 is 4.79 Å². The maximum atomic E-state index is 11.7. The first-order chi connectivity index (χ1) is 7.59. The average Bonchev–Trinajstić information content (AvgIpc) is 2.25. The van der Waals surface area contributed by atoms with E-state index in [1.807, 2.05) is 26.0 Å². The van der Waals surface area contributed by atoms with Crippen molar-refractivity contribution >= 4 is 17.4 Å². The molecule has 0 aliphatic carbocycles. The minimum absolute atomic E-state index is 0.0300. The van der Waals surface area contributed by atoms with E-state index in [2.05, 4.69) is 5.32 Å². The van der Waals surface area contributed by atoms with Crippen molar-refractivity contribution in [3.8, 4) is 0 Å². The van der Waals surface area contributed by atoms with E-state index in [1.165, 1.54) is 0 Å². The molecule has 1 aromatic rings. The molecule has 4 heteroatoms. The fraction of sp³-hybridized carbons (Fsp3) is 0.417. The van der Waals surface area contributed by atoms with Crippen LogP contribution in [0.1, 0.15) is 17.5 Å². The number of rotatable bonds is 1. The van der Waals surface area contributed by atoms with E-state index in [9.17, 15) is 4.79 Å². The van der Waals surface area contributed by atoms with Crippen LogP contribution < -0.4 is 16.0 Å². The third kappa shape index (κ3) is 1.83. The van der Waals surface area contributed by atoms with Gasteiger partial charge >= 0.3 is 6.03 Å². The molecule has 1 aromatic carbocycles. The third-order valence-corrected chi connectivity index (χ3v) is 2.96. The number of benzene rings is 1. The predicted octanol–water partition coefficient (Wildman–Crippen LogP) is 1.81. The van der Waals surface area contributed by atoms with Crippen molar-refractivity contribution in [1.29, 1.82) is 0 Å². The Morgan fingerprint density at radius 1 is 1.31 bits per heavy atom. The number of anilines is 2. The molecular formula is C12H17N3O. The van der Waals surface area contributed by atoms with Gasteiger partial charge in [-0.2, -0.15) is 0 Å². The van der Waals surface area contributed by atoms with Crippen molar-refractivity contribution in [1.82, 2.24) is 5.32 Å². The normalized spacial score (nSPS) is 16.1. The number of hydrogen-bond acceptors (Lipinski definition) is 2. The second-order valence-electron chi connectivity index (χ2n) is 4.23. The molecule has 86 valence electrons. The first-order valence-corrected chi connectivity index (χ1v) is 5.51. The molecule has 2 rings (SSSR count). The number of nitrogens with one attached hydrogen (secondary N) is 1. The van der Waals surface area contributed by atoms with Gasteiger partial charge in [0.15, 0.2) is 0 Å². The minimum atomic E-state index is -0.0300. The van der Waals surface area contributed by atoms with Gasteiger partial charge < -0.3 is 11.1 Å². The van der Waals surface area contributed by atoms with E-state index in [0.717, 1.165) is 42.0 Å². The summed E-state index contributed by atoms with van der Waals surface area (Å²) in [5.41, 5.74) is 9.68. The number of nitrogens with two attached hydrogens (primary N) is 1. The molecule has 1 fully saturated rings. The molecule has 3 N–H and O–H groups in total. The molecule has 1 aliphatic rings. The molecule has 2 amide bonds. The van der Waals surface area contributed by atoms with Crippen LogP contribution in [-0.4, -0.2) is 19.1 Å². The van der Waals surface area contributed by atoms with Gasteiger partial charge in [0.2, 0.25) is 0 Å². The summed E-state index contributed by atoms with van der Waals surface area (Å²) in [7, 11) is 0. The Hall–Kier alpha value is -1.71. The topological polar surface area (TPSA) is 58.4 Å². The second-order valence-corrected chi connectivity index (χ2v) is 4.23. The highest BCUT2D eigenvalue weighted by molar-refractivity contribution is 5.94. The molecule has 16 heavy (non-hydrogen) atoms. The number of nitrogen functional groups attached to an aromatic ring is 1. The molecule has 0 radical (unpaired) electrons. The van der Waals surface area contributed by atoms with Gasteiger partial charge in [0.1, 0.15) is 0 Å². The molecule has 0 aromatic heterocycles. The Morgan fingerprint density at radius 2 is 2.06 bits per heavy atom. The molecule has 1 saturated heterocycles. The summed E-state index contributed by atoms with van der Waals surface area (Å²) in [6.45, 7) is 5.50. The van der Waals surface area contributed by atoms with E-state index in [4.69, 9.17) is 5.73 Å². The van der Waals surface area contributed by atoms with Crippen LogP contribution >= 0.6 is 0 Å². The molecule has 0 atom stereocenters. The van der Waals surface area contributed by atoms with Crippen LogP contribution in [0.5, 0.6) is 0 Å². The number of nitrogens with zero attached hydrogens (tertiary/aromatic N) is 1. The van der Waals surface area contributed by atoms with E-state index in [0.29, 0.717) is 0 Å². The lowest BCUT2D eigenvalue weighted by Gasteiger charge is -2.29. The Labute approximate surface area is 95.4 Å². The van der Waals surface area contributed by atoms with Gasteiger partial charge in [0, 0.05) is 18.8 Å². The van der Waals surface area contributed by atoms with Crippen LogP contribution in [0.4, 0.5) is 16.2 Å². The molecule has 0 unspecified atom stereocenters. The van der Waals surface area contributed by atoms with Gasteiger partial charge in [-0.3, -0.25) is 4.90 Å². The number of aryl methyl sites for hydroxylation is 2. The highest BCUT2D eigenvalue weighted by Gasteiger charge is 2.20. The Morgan fingerprint density at radius 3 is 2.75 bits per heavy atom. The molecule has 0 saturated carbocycles. The Bertz CT molecular complexity index is 429. The zero-order valence-electron chi connectivity index (χ0n) is 9.71. The molecule has 1 aliphatic heterocycles. The molecule has 1 heterocycles. The first-order valence-electron chi connectivity index (χ1n) is 5.51. The first kappa shape index (κ1) is 10.8. The standard InChI is InChI=1S/C12H17N3O/c1-8-6-9(2)11(7-10(8)13)15-5-3-4-14-12(15)16/h6-7H,3-5,13H2,1-2H3,(H,14,16). The molecular weight excluding hydrogens is 202 g/mol. The molecule has 4 nitrogen and oxygen atoms in total. The summed E-state index contributed by atoms with van der Waals surface area (Å²) in [6, 6.07) is 3.87. The zero-order chi connectivity index (χ0) is 11.7. The monoisotopic (exact) mass is 219 g/mol. The van der Waals surface area contributed by atoms with Crippen molar-refractivity contribution in [2.45, 2.75) is 20.3 Å². The predicted molar refractivity (Wildman–Crippen MR) is 65.7 cm³/mol. The van der Waals surface area contributed by atoms with Crippen LogP contribution in [0.15, 0.2) is 12.1 Å². The van der Waals surface area contributed by atoms with Crippen molar-refractivity contribution in [3.63, 3.8) is 0 Å². The summed E-state index contributed by atoms with van der Waals surface area (Å²) < 4.78 is 0. The van der Waals surface area contributed by atoms with Crippen LogP contribution in [-0.2, 0) is 0 Å². The SMILES string of the molecule is Cc1cc(C)c(N2CCCNC2=O)cc1N. The van der Waals surface area contributed by atoms with Gasteiger partial charge in [0.05, 0.1) is 5.69 Å². The smallest absolute Gasteiger partial charge is 0.321 e. The van der Waals surface area contributed by atoms with Gasteiger partial charge in [-0.15, -0.1) is 0 Å². The summed E-state index contributed by atoms with van der Waals surface area (Å²) >= 11 is 0. The van der Waals surface area contributed by atoms with Gasteiger partial charge in [-0.25, -0.2) is 4.79 Å². The summed E-state index contributed by atoms with van der Waals surface area (Å²) in [6.07, 6.45) is 0.971. The molecule has 0 spiro atoms. The maximum absolute atomic E-state index is 11.7. The number of carbonyl (C=O) groups is 1. The lowest BCUT2D eigenvalue weighted by atomic mass is 10.1. The van der Waals surface area contributed by atoms with Crippen LogP contribution in [0, 0.1) is 13.8 Å². The maximum Gasteiger partial charge on any atom is 0.321 e. The van der Waals surface area contributed by atoms with Crippen LogP contribution in [0.25, 0.3) is 0 Å². The largest absolute Gasteiger partial charge is 0.398 e.